The summed E-state index contributed by atoms with van der Waals surface area (Å²) < 4.78 is 1.06. The third kappa shape index (κ3) is 3.07. The molecule has 0 aromatic heterocycles. The number of hydrogen-bond acceptors (Lipinski definition) is 0. The lowest BCUT2D eigenvalue weighted by Gasteiger charge is -2.29. The molecule has 0 N–H and O–H groups in total. The van der Waals surface area contributed by atoms with Gasteiger partial charge in [-0.2, -0.15) is 0 Å². The van der Waals surface area contributed by atoms with E-state index in [9.17, 15) is 0 Å². The molecular formula is C14H24N+. The largest absolute Gasteiger partial charge is 0.325 e. The number of quaternary nitrogens is 1. The van der Waals surface area contributed by atoms with Crippen LogP contribution >= 0.6 is 0 Å². The van der Waals surface area contributed by atoms with Crippen LogP contribution in [0.15, 0.2) is 12.1 Å². The first-order valence-corrected chi connectivity index (χ1v) is 5.74. The van der Waals surface area contributed by atoms with Crippen molar-refractivity contribution in [2.24, 2.45) is 0 Å². The van der Waals surface area contributed by atoms with Crippen LogP contribution in [0.4, 0.5) is 0 Å². The normalized spacial score (nSPS) is 11.9. The van der Waals surface area contributed by atoms with Crippen LogP contribution in [-0.2, 0) is 6.54 Å². The van der Waals surface area contributed by atoms with Gasteiger partial charge in [-0.3, -0.25) is 0 Å². The average molecular weight is 206 g/mol. The van der Waals surface area contributed by atoms with Crippen LogP contribution in [0.5, 0.6) is 0 Å². The van der Waals surface area contributed by atoms with Crippen molar-refractivity contribution >= 4 is 0 Å². The third-order valence-corrected chi connectivity index (χ3v) is 3.28. The molecule has 0 saturated heterocycles. The lowest BCUT2D eigenvalue weighted by molar-refractivity contribution is -0.901. The van der Waals surface area contributed by atoms with Crippen LogP contribution in [0.1, 0.15) is 29.2 Å². The Balaban J connectivity index is 3.05. The molecule has 1 heteroatoms. The van der Waals surface area contributed by atoms with Crippen LogP contribution in [-0.4, -0.2) is 25.1 Å². The van der Waals surface area contributed by atoms with Gasteiger partial charge < -0.3 is 4.48 Å². The minimum atomic E-state index is 1.06. The SMILES string of the molecule is CC[N+](C)(C)Cc1c(C)cc(C)cc1C. The lowest BCUT2D eigenvalue weighted by Crippen LogP contribution is -2.38. The Hall–Kier alpha value is -0.820. The van der Waals surface area contributed by atoms with Gasteiger partial charge in [0.15, 0.2) is 0 Å². The maximum atomic E-state index is 2.29. The molecule has 0 bridgehead atoms. The Labute approximate surface area is 94.3 Å². The predicted octanol–water partition coefficient (Wildman–Crippen LogP) is 3.21. The van der Waals surface area contributed by atoms with E-state index in [1.165, 1.54) is 28.8 Å². The molecule has 1 aromatic rings. The van der Waals surface area contributed by atoms with Gasteiger partial charge in [0.05, 0.1) is 20.6 Å². The van der Waals surface area contributed by atoms with Gasteiger partial charge in [0.1, 0.15) is 6.54 Å². The molecule has 0 radical (unpaired) electrons. The minimum absolute atomic E-state index is 1.06. The summed E-state index contributed by atoms with van der Waals surface area (Å²) in [5, 5.41) is 0. The number of nitrogens with zero attached hydrogens (tertiary/aromatic N) is 1. The van der Waals surface area contributed by atoms with Crippen molar-refractivity contribution in [3.05, 3.63) is 34.4 Å². The second-order valence-corrected chi connectivity index (χ2v) is 5.29. The average Bonchev–Trinajstić information content (AvgIpc) is 2.11. The van der Waals surface area contributed by atoms with Crippen molar-refractivity contribution < 1.29 is 4.48 Å². The zero-order valence-electron chi connectivity index (χ0n) is 11.0. The molecule has 0 amide bonds. The van der Waals surface area contributed by atoms with E-state index in [0.29, 0.717) is 0 Å². The number of rotatable bonds is 3. The van der Waals surface area contributed by atoms with Crippen LogP contribution in [0.2, 0.25) is 0 Å². The highest BCUT2D eigenvalue weighted by Gasteiger charge is 2.16. The maximum absolute atomic E-state index is 2.29. The van der Waals surface area contributed by atoms with Crippen molar-refractivity contribution in [2.45, 2.75) is 34.2 Å². The first-order chi connectivity index (χ1) is 6.85. The summed E-state index contributed by atoms with van der Waals surface area (Å²) >= 11 is 0. The molecule has 0 heterocycles. The van der Waals surface area contributed by atoms with E-state index < -0.39 is 0 Å². The highest BCUT2D eigenvalue weighted by atomic mass is 15.3. The van der Waals surface area contributed by atoms with Gasteiger partial charge in [0.2, 0.25) is 0 Å². The third-order valence-electron chi connectivity index (χ3n) is 3.28. The summed E-state index contributed by atoms with van der Waals surface area (Å²) in [5.74, 6) is 0. The van der Waals surface area contributed by atoms with E-state index in [0.717, 1.165) is 11.0 Å². The fraction of sp³-hybridized carbons (Fsp3) is 0.571. The van der Waals surface area contributed by atoms with Crippen molar-refractivity contribution in [1.29, 1.82) is 0 Å². The Morgan fingerprint density at radius 2 is 1.47 bits per heavy atom. The maximum Gasteiger partial charge on any atom is 0.104 e. The number of aryl methyl sites for hydroxylation is 3. The van der Waals surface area contributed by atoms with E-state index in [-0.39, 0.29) is 0 Å². The molecule has 0 unspecified atom stereocenters. The molecule has 0 atom stereocenters. The summed E-state index contributed by atoms with van der Waals surface area (Å²) in [4.78, 5) is 0. The van der Waals surface area contributed by atoms with Crippen LogP contribution in [0.3, 0.4) is 0 Å². The second kappa shape index (κ2) is 4.36. The molecule has 1 aromatic carbocycles. The van der Waals surface area contributed by atoms with Gasteiger partial charge in [-0.25, -0.2) is 0 Å². The Morgan fingerprint density at radius 3 is 1.87 bits per heavy atom. The summed E-state index contributed by atoms with van der Waals surface area (Å²) in [7, 11) is 4.58. The van der Waals surface area contributed by atoms with Gasteiger partial charge in [-0.05, 0) is 38.8 Å². The van der Waals surface area contributed by atoms with E-state index in [2.05, 4.69) is 53.9 Å². The van der Waals surface area contributed by atoms with Crippen molar-refractivity contribution in [2.75, 3.05) is 20.6 Å². The summed E-state index contributed by atoms with van der Waals surface area (Å²) in [6, 6.07) is 4.58. The first-order valence-electron chi connectivity index (χ1n) is 5.74. The summed E-state index contributed by atoms with van der Waals surface area (Å²) in [6.07, 6.45) is 0. The zero-order valence-corrected chi connectivity index (χ0v) is 11.0. The second-order valence-electron chi connectivity index (χ2n) is 5.29. The Morgan fingerprint density at radius 1 is 1.00 bits per heavy atom. The standard InChI is InChI=1S/C14H24N/c1-7-15(5,6)10-14-12(3)8-11(2)9-13(14)4/h8-9H,7,10H2,1-6H3/q+1. The smallest absolute Gasteiger partial charge is 0.104 e. The van der Waals surface area contributed by atoms with Crippen LogP contribution in [0, 0.1) is 20.8 Å². The van der Waals surface area contributed by atoms with E-state index in [1.807, 2.05) is 0 Å². The molecule has 0 spiro atoms. The minimum Gasteiger partial charge on any atom is -0.325 e. The Bertz CT molecular complexity index is 327. The molecule has 84 valence electrons. The molecule has 15 heavy (non-hydrogen) atoms. The van der Waals surface area contributed by atoms with Gasteiger partial charge >= 0.3 is 0 Å². The zero-order chi connectivity index (χ0) is 11.6. The molecule has 0 fully saturated rings. The topological polar surface area (TPSA) is 0 Å². The Kier molecular flexibility index (Phi) is 3.56. The molecular weight excluding hydrogens is 182 g/mol. The first kappa shape index (κ1) is 12.3. The van der Waals surface area contributed by atoms with Gasteiger partial charge in [0.25, 0.3) is 0 Å². The molecule has 0 aliphatic heterocycles. The summed E-state index contributed by atoms with van der Waals surface area (Å²) in [5.41, 5.74) is 5.77. The molecule has 1 rings (SSSR count). The van der Waals surface area contributed by atoms with Gasteiger partial charge in [-0.1, -0.05) is 17.7 Å². The fourth-order valence-electron chi connectivity index (χ4n) is 2.00. The van der Waals surface area contributed by atoms with Crippen LogP contribution < -0.4 is 0 Å². The van der Waals surface area contributed by atoms with Crippen molar-refractivity contribution in [1.82, 2.24) is 0 Å². The van der Waals surface area contributed by atoms with E-state index >= 15 is 0 Å². The number of hydrogen-bond donors (Lipinski definition) is 0. The van der Waals surface area contributed by atoms with E-state index in [1.54, 1.807) is 0 Å². The van der Waals surface area contributed by atoms with Crippen molar-refractivity contribution in [3.63, 3.8) is 0 Å². The van der Waals surface area contributed by atoms with Gasteiger partial charge in [-0.15, -0.1) is 0 Å². The van der Waals surface area contributed by atoms with Gasteiger partial charge in [0, 0.05) is 5.56 Å². The highest BCUT2D eigenvalue weighted by molar-refractivity contribution is 5.36. The monoisotopic (exact) mass is 206 g/mol. The molecule has 0 aliphatic carbocycles. The fourth-order valence-corrected chi connectivity index (χ4v) is 2.00. The van der Waals surface area contributed by atoms with Crippen LogP contribution in [0.25, 0.3) is 0 Å². The predicted molar refractivity (Wildman–Crippen MR) is 67.0 cm³/mol. The molecule has 1 nitrogen and oxygen atoms in total. The van der Waals surface area contributed by atoms with Crippen molar-refractivity contribution in [3.8, 4) is 0 Å². The number of benzene rings is 1. The molecule has 0 aliphatic rings. The summed E-state index contributed by atoms with van der Waals surface area (Å²) in [6.45, 7) is 11.2. The van der Waals surface area contributed by atoms with E-state index in [4.69, 9.17) is 0 Å². The molecule has 0 saturated carbocycles. The lowest BCUT2D eigenvalue weighted by atomic mass is 9.99. The quantitative estimate of drug-likeness (QED) is 0.666. The highest BCUT2D eigenvalue weighted by Crippen LogP contribution is 2.19.